The molecule has 0 aliphatic heterocycles. The lowest BCUT2D eigenvalue weighted by Crippen LogP contribution is -2.64. The molecule has 0 aromatic carbocycles. The number of aromatic amines is 1. The lowest BCUT2D eigenvalue weighted by molar-refractivity contribution is -0.208. The third-order valence-corrected chi connectivity index (χ3v) is 12.7. The molecule has 0 radical (unpaired) electrons. The molecule has 12 atom stereocenters. The Morgan fingerprint density at radius 3 is 2.40 bits per heavy atom. The highest BCUT2D eigenvalue weighted by molar-refractivity contribution is 5.27. The zero-order valence-electron chi connectivity index (χ0n) is 23.4. The number of aromatic nitrogens is 2. The summed E-state index contributed by atoms with van der Waals surface area (Å²) in [6.45, 7) is 17.2. The van der Waals surface area contributed by atoms with Crippen molar-refractivity contribution in [2.24, 2.45) is 64.1 Å². The number of fused-ring (bicyclic) bond motifs is 6. The first-order valence-electron chi connectivity index (χ1n) is 14.9. The summed E-state index contributed by atoms with van der Waals surface area (Å²) >= 11 is 0. The van der Waals surface area contributed by atoms with Gasteiger partial charge in [0.25, 0.3) is 0 Å². The summed E-state index contributed by atoms with van der Waals surface area (Å²) in [7, 11) is 0. The molecule has 4 nitrogen and oxygen atoms in total. The van der Waals surface area contributed by atoms with Gasteiger partial charge >= 0.3 is 0 Å². The van der Waals surface area contributed by atoms with Gasteiger partial charge in [0.2, 0.25) is 0 Å². The average molecular weight is 485 g/mol. The van der Waals surface area contributed by atoms with Crippen LogP contribution in [0.2, 0.25) is 0 Å². The number of H-pyrrole nitrogens is 1. The molecule has 4 heteroatoms. The molecular formula is C31H52N2O2. The molecule has 4 aliphatic rings. The number of aliphatic hydroxyl groups excluding tert-OH is 2. The second kappa shape index (κ2) is 9.15. The minimum absolute atomic E-state index is 0.0458. The van der Waals surface area contributed by atoms with Crippen LogP contribution in [-0.2, 0) is 12.8 Å². The Kier molecular flexibility index (Phi) is 6.74. The molecule has 5 rings (SSSR count). The third-order valence-electron chi connectivity index (χ3n) is 12.7. The van der Waals surface area contributed by atoms with Crippen LogP contribution in [0.25, 0.3) is 0 Å². The van der Waals surface area contributed by atoms with Crippen molar-refractivity contribution in [2.45, 2.75) is 112 Å². The Morgan fingerprint density at radius 2 is 1.71 bits per heavy atom. The monoisotopic (exact) mass is 484 g/mol. The molecule has 0 amide bonds. The molecule has 0 saturated heterocycles. The summed E-state index contributed by atoms with van der Waals surface area (Å²) in [5, 5.41) is 30.6. The first-order chi connectivity index (χ1) is 16.5. The maximum atomic E-state index is 11.7. The maximum Gasteiger partial charge on any atom is 0.0839 e. The first kappa shape index (κ1) is 25.8. The van der Waals surface area contributed by atoms with E-state index in [9.17, 15) is 10.2 Å². The zero-order chi connectivity index (χ0) is 25.3. The van der Waals surface area contributed by atoms with E-state index in [1.165, 1.54) is 49.8 Å². The Morgan fingerprint density at radius 1 is 1.00 bits per heavy atom. The van der Waals surface area contributed by atoms with E-state index in [1.807, 2.05) is 6.20 Å². The average Bonchev–Trinajstić information content (AvgIpc) is 3.41. The van der Waals surface area contributed by atoms with Crippen LogP contribution in [0.15, 0.2) is 6.20 Å². The molecule has 3 N–H and O–H groups in total. The number of nitrogens with zero attached hydrogens (tertiary/aromatic N) is 1. The van der Waals surface area contributed by atoms with Gasteiger partial charge in [0, 0.05) is 5.69 Å². The van der Waals surface area contributed by atoms with E-state index in [0.29, 0.717) is 17.8 Å². The highest BCUT2D eigenvalue weighted by atomic mass is 16.3. The molecule has 1 heterocycles. The van der Waals surface area contributed by atoms with Crippen LogP contribution in [0.1, 0.15) is 98.2 Å². The lowest BCUT2D eigenvalue weighted by Gasteiger charge is -2.63. The molecule has 35 heavy (non-hydrogen) atoms. The molecule has 1 aromatic heterocycles. The largest absolute Gasteiger partial charge is 0.390 e. The maximum absolute atomic E-state index is 11.7. The molecule has 1 aromatic rings. The SMILES string of the molecule is CC[C@H](CC(C)[C@@H](C)C1CC[C@H]2[C@@H]3[C@@H](O)[C@H](O)[C@H]4Cc5[nH]ncc5C[C@]4(C)[C@H]3CC[C@]12C)C(C)C. The molecule has 0 spiro atoms. The van der Waals surface area contributed by atoms with Crippen molar-refractivity contribution >= 4 is 0 Å². The summed E-state index contributed by atoms with van der Waals surface area (Å²) in [5.41, 5.74) is 2.84. The fraction of sp³-hybridized carbons (Fsp3) is 0.903. The number of aliphatic hydroxyl groups is 2. The van der Waals surface area contributed by atoms with Gasteiger partial charge in [-0.3, -0.25) is 5.10 Å². The molecule has 3 saturated carbocycles. The summed E-state index contributed by atoms with van der Waals surface area (Å²) in [5.74, 6) is 5.13. The number of hydrogen-bond acceptors (Lipinski definition) is 3. The third kappa shape index (κ3) is 3.87. The van der Waals surface area contributed by atoms with Gasteiger partial charge < -0.3 is 10.2 Å². The van der Waals surface area contributed by atoms with Crippen molar-refractivity contribution in [1.29, 1.82) is 0 Å². The van der Waals surface area contributed by atoms with Crippen molar-refractivity contribution < 1.29 is 10.2 Å². The van der Waals surface area contributed by atoms with Crippen LogP contribution in [0.5, 0.6) is 0 Å². The Balaban J connectivity index is 1.39. The van der Waals surface area contributed by atoms with Gasteiger partial charge in [-0.25, -0.2) is 0 Å². The van der Waals surface area contributed by atoms with Crippen LogP contribution in [0.3, 0.4) is 0 Å². The number of nitrogens with one attached hydrogen (secondary N) is 1. The van der Waals surface area contributed by atoms with Crippen LogP contribution in [0.4, 0.5) is 0 Å². The fourth-order valence-electron chi connectivity index (χ4n) is 10.4. The summed E-state index contributed by atoms with van der Waals surface area (Å²) in [4.78, 5) is 0. The highest BCUT2D eigenvalue weighted by Crippen LogP contribution is 2.68. The van der Waals surface area contributed by atoms with Crippen molar-refractivity contribution in [2.75, 3.05) is 0 Å². The molecule has 0 bridgehead atoms. The highest BCUT2D eigenvalue weighted by Gasteiger charge is 2.65. The smallest absolute Gasteiger partial charge is 0.0839 e. The summed E-state index contributed by atoms with van der Waals surface area (Å²) in [6.07, 6.45) is 10.2. The predicted molar refractivity (Wildman–Crippen MR) is 142 cm³/mol. The van der Waals surface area contributed by atoms with E-state index in [-0.39, 0.29) is 22.7 Å². The van der Waals surface area contributed by atoms with Crippen molar-refractivity contribution in [3.8, 4) is 0 Å². The van der Waals surface area contributed by atoms with Crippen LogP contribution in [0, 0.1) is 64.1 Å². The molecule has 3 fully saturated rings. The van der Waals surface area contributed by atoms with E-state index in [4.69, 9.17) is 0 Å². The molecular weight excluding hydrogens is 432 g/mol. The van der Waals surface area contributed by atoms with Gasteiger partial charge in [-0.1, -0.05) is 54.9 Å². The van der Waals surface area contributed by atoms with Gasteiger partial charge in [-0.2, -0.15) is 5.10 Å². The van der Waals surface area contributed by atoms with Crippen LogP contribution < -0.4 is 0 Å². The van der Waals surface area contributed by atoms with Gasteiger partial charge in [0.15, 0.2) is 0 Å². The fourth-order valence-corrected chi connectivity index (χ4v) is 10.4. The van der Waals surface area contributed by atoms with E-state index in [2.05, 4.69) is 58.7 Å². The minimum atomic E-state index is -0.633. The molecule has 2 unspecified atom stereocenters. The Labute approximate surface area is 214 Å². The zero-order valence-corrected chi connectivity index (χ0v) is 23.4. The van der Waals surface area contributed by atoms with E-state index in [1.54, 1.807) is 0 Å². The Bertz CT molecular complexity index is 896. The quantitative estimate of drug-likeness (QED) is 0.446. The lowest BCUT2D eigenvalue weighted by atomic mass is 9.43. The predicted octanol–water partition coefficient (Wildman–Crippen LogP) is 6.27. The van der Waals surface area contributed by atoms with Gasteiger partial charge in [-0.15, -0.1) is 0 Å². The van der Waals surface area contributed by atoms with Gasteiger partial charge in [-0.05, 0) is 115 Å². The minimum Gasteiger partial charge on any atom is -0.390 e. The molecule has 198 valence electrons. The van der Waals surface area contributed by atoms with Crippen LogP contribution in [-0.4, -0.2) is 32.6 Å². The topological polar surface area (TPSA) is 69.1 Å². The first-order valence-corrected chi connectivity index (χ1v) is 14.9. The van der Waals surface area contributed by atoms with Crippen LogP contribution >= 0.6 is 0 Å². The van der Waals surface area contributed by atoms with E-state index < -0.39 is 12.2 Å². The number of hydrogen-bond donors (Lipinski definition) is 3. The normalized spacial score (nSPS) is 45.3. The van der Waals surface area contributed by atoms with E-state index >= 15 is 0 Å². The second-order valence-electron chi connectivity index (χ2n) is 14.4. The second-order valence-corrected chi connectivity index (χ2v) is 14.4. The van der Waals surface area contributed by atoms with Crippen molar-refractivity contribution in [1.82, 2.24) is 10.2 Å². The molecule has 4 aliphatic carbocycles. The number of rotatable bonds is 6. The summed E-state index contributed by atoms with van der Waals surface area (Å²) in [6, 6.07) is 0. The van der Waals surface area contributed by atoms with Gasteiger partial charge in [0.1, 0.15) is 0 Å². The standard InChI is InChI=1S/C31H52N2O2/c1-8-20(17(2)3)13-18(4)19(5)22-9-10-23-27-24(11-12-30(22,23)6)31(7)15-21-16-32-33-26(21)14-25(31)28(34)29(27)35/h16-20,22-25,27-29,34-35H,8-15H2,1-7H3,(H,32,33)/t18?,19-,20-,22?,23+,24+,25-,27+,28-,29-,30-,31-/m1/s1. The van der Waals surface area contributed by atoms with Gasteiger partial charge in [0.05, 0.1) is 18.4 Å². The van der Waals surface area contributed by atoms with Crippen molar-refractivity contribution in [3.63, 3.8) is 0 Å². The van der Waals surface area contributed by atoms with E-state index in [0.717, 1.165) is 36.5 Å². The summed E-state index contributed by atoms with van der Waals surface area (Å²) < 4.78 is 0. The Hall–Kier alpha value is -0.870. The van der Waals surface area contributed by atoms with Crippen molar-refractivity contribution in [3.05, 3.63) is 17.5 Å².